The summed E-state index contributed by atoms with van der Waals surface area (Å²) in [5, 5.41) is 15.7. The summed E-state index contributed by atoms with van der Waals surface area (Å²) in [4.78, 5) is 54.4. The molecule has 10 heteroatoms. The molecule has 0 aliphatic carbocycles. The number of benzene rings is 2. The molecule has 4 atom stereocenters. The zero-order valence-electron chi connectivity index (χ0n) is 25.7. The second-order valence-corrected chi connectivity index (χ2v) is 12.5. The van der Waals surface area contributed by atoms with Gasteiger partial charge in [-0.25, -0.2) is 9.59 Å². The highest BCUT2D eigenvalue weighted by Gasteiger charge is 2.35. The van der Waals surface area contributed by atoms with Gasteiger partial charge in [0.1, 0.15) is 19.3 Å². The number of carbonyl (C=O) groups excluding carboxylic acids is 4. The van der Waals surface area contributed by atoms with Crippen LogP contribution in [0.4, 0.5) is 4.79 Å². The molecule has 10 nitrogen and oxygen atoms in total. The summed E-state index contributed by atoms with van der Waals surface area (Å²) < 4.78 is 10.9. The van der Waals surface area contributed by atoms with E-state index < -0.39 is 35.5 Å². The number of hydrogen-bond donors (Lipinski definition) is 3. The fourth-order valence-corrected chi connectivity index (χ4v) is 5.33. The van der Waals surface area contributed by atoms with Crippen molar-refractivity contribution in [1.29, 1.82) is 0 Å². The molecule has 0 radical (unpaired) electrons. The number of hydrogen-bond acceptors (Lipinski definition) is 7. The number of nitrogens with zero attached hydrogens (tertiary/aromatic N) is 1. The average molecular weight is 606 g/mol. The van der Waals surface area contributed by atoms with Crippen LogP contribution in [0.2, 0.25) is 0 Å². The van der Waals surface area contributed by atoms with Crippen molar-refractivity contribution in [2.45, 2.75) is 77.7 Å². The van der Waals surface area contributed by atoms with Gasteiger partial charge in [0.15, 0.2) is 0 Å². The van der Waals surface area contributed by atoms with Gasteiger partial charge in [0.2, 0.25) is 11.8 Å². The third kappa shape index (κ3) is 8.92. The molecule has 0 unspecified atom stereocenters. The number of cyclic esters (lactones) is 1. The number of alkyl carbamates (subject to hydrolysis) is 1. The fourth-order valence-electron chi connectivity index (χ4n) is 5.33. The highest BCUT2D eigenvalue weighted by atomic mass is 16.6. The normalized spacial score (nSPS) is 22.9. The van der Waals surface area contributed by atoms with Crippen LogP contribution in [0.1, 0.15) is 56.7 Å². The summed E-state index contributed by atoms with van der Waals surface area (Å²) in [5.74, 6) is -1.84. The largest absolute Gasteiger partial charge is 0.462 e. The van der Waals surface area contributed by atoms with Crippen molar-refractivity contribution < 1.29 is 33.8 Å². The molecule has 0 saturated carbocycles. The van der Waals surface area contributed by atoms with Gasteiger partial charge in [0.05, 0.1) is 24.6 Å². The highest BCUT2D eigenvalue weighted by Crippen LogP contribution is 2.26. The quantitative estimate of drug-likeness (QED) is 0.338. The number of aliphatic hydroxyl groups is 1. The summed E-state index contributed by atoms with van der Waals surface area (Å²) in [6.07, 6.45) is 3.58. The molecule has 2 aromatic rings. The zero-order chi connectivity index (χ0) is 31.7. The number of aliphatic hydroxyl groups excluding tert-OH is 1. The van der Waals surface area contributed by atoms with Gasteiger partial charge in [0, 0.05) is 13.0 Å². The summed E-state index contributed by atoms with van der Waals surface area (Å²) in [5.41, 5.74) is 2.48. The molecule has 4 rings (SSSR count). The van der Waals surface area contributed by atoms with Crippen LogP contribution in [0.5, 0.6) is 0 Å². The van der Waals surface area contributed by atoms with Crippen molar-refractivity contribution in [2.75, 3.05) is 13.2 Å². The minimum Gasteiger partial charge on any atom is -0.462 e. The van der Waals surface area contributed by atoms with E-state index in [0.29, 0.717) is 13.0 Å². The SMILES string of the molecule is CC(C)(C)[C@H]1COC(=O)[C@H](NC(=O)OCc2ccccc2)CC=CC[C@H](CC(=O)N2Cc3ccccc3C[C@H]2CO)C(=O)N1. The Morgan fingerprint density at radius 3 is 2.41 bits per heavy atom. The van der Waals surface area contributed by atoms with Crippen LogP contribution in [-0.2, 0) is 43.4 Å². The molecule has 2 aliphatic heterocycles. The number of nitrogens with one attached hydrogen (secondary N) is 2. The lowest BCUT2D eigenvalue weighted by atomic mass is 9.86. The number of amides is 3. The molecule has 2 heterocycles. The maximum atomic E-state index is 13.6. The van der Waals surface area contributed by atoms with E-state index >= 15 is 0 Å². The first-order valence-corrected chi connectivity index (χ1v) is 15.1. The van der Waals surface area contributed by atoms with Crippen LogP contribution in [0.15, 0.2) is 66.7 Å². The van der Waals surface area contributed by atoms with Gasteiger partial charge in [-0.2, -0.15) is 0 Å². The van der Waals surface area contributed by atoms with Crippen LogP contribution in [0.3, 0.4) is 0 Å². The van der Waals surface area contributed by atoms with Gasteiger partial charge >= 0.3 is 12.1 Å². The van der Waals surface area contributed by atoms with E-state index in [-0.39, 0.29) is 56.9 Å². The van der Waals surface area contributed by atoms with Gasteiger partial charge in [-0.3, -0.25) is 9.59 Å². The topological polar surface area (TPSA) is 134 Å². The predicted molar refractivity (Wildman–Crippen MR) is 164 cm³/mol. The molecule has 3 amide bonds. The van der Waals surface area contributed by atoms with E-state index in [1.54, 1.807) is 17.1 Å². The predicted octanol–water partition coefficient (Wildman–Crippen LogP) is 3.66. The number of allylic oxidation sites excluding steroid dienone is 1. The lowest BCUT2D eigenvalue weighted by Gasteiger charge is -2.37. The Balaban J connectivity index is 1.47. The Morgan fingerprint density at radius 1 is 1.02 bits per heavy atom. The van der Waals surface area contributed by atoms with Crippen molar-refractivity contribution in [3.8, 4) is 0 Å². The van der Waals surface area contributed by atoms with Crippen molar-refractivity contribution >= 4 is 23.9 Å². The van der Waals surface area contributed by atoms with E-state index in [1.165, 1.54) is 0 Å². The number of ether oxygens (including phenoxy) is 2. The smallest absolute Gasteiger partial charge is 0.408 e. The minimum atomic E-state index is -0.996. The Labute approximate surface area is 258 Å². The summed E-state index contributed by atoms with van der Waals surface area (Å²) in [6.45, 7) is 5.92. The van der Waals surface area contributed by atoms with Crippen LogP contribution in [0.25, 0.3) is 0 Å². The van der Waals surface area contributed by atoms with Crippen molar-refractivity contribution in [3.63, 3.8) is 0 Å². The molecule has 0 saturated heterocycles. The third-order valence-electron chi connectivity index (χ3n) is 8.18. The van der Waals surface area contributed by atoms with Crippen molar-refractivity contribution in [3.05, 3.63) is 83.4 Å². The van der Waals surface area contributed by atoms with E-state index in [9.17, 15) is 24.3 Å². The molecule has 44 heavy (non-hydrogen) atoms. The van der Waals surface area contributed by atoms with Crippen molar-refractivity contribution in [2.24, 2.45) is 11.3 Å². The van der Waals surface area contributed by atoms with Crippen LogP contribution in [-0.4, -0.2) is 65.2 Å². The van der Waals surface area contributed by atoms with E-state index in [1.807, 2.05) is 75.4 Å². The van der Waals surface area contributed by atoms with Gasteiger partial charge in [-0.15, -0.1) is 0 Å². The van der Waals surface area contributed by atoms with Crippen LogP contribution >= 0.6 is 0 Å². The van der Waals surface area contributed by atoms with Gasteiger partial charge in [-0.1, -0.05) is 87.5 Å². The first-order valence-electron chi connectivity index (χ1n) is 15.1. The molecule has 236 valence electrons. The maximum absolute atomic E-state index is 13.6. The summed E-state index contributed by atoms with van der Waals surface area (Å²) in [6, 6.07) is 15.2. The molecule has 3 N–H and O–H groups in total. The Bertz CT molecular complexity index is 1340. The summed E-state index contributed by atoms with van der Waals surface area (Å²) in [7, 11) is 0. The van der Waals surface area contributed by atoms with E-state index in [4.69, 9.17) is 9.47 Å². The second-order valence-electron chi connectivity index (χ2n) is 12.5. The molecule has 0 fully saturated rings. The van der Waals surface area contributed by atoms with Gasteiger partial charge in [-0.05, 0) is 41.4 Å². The first kappa shape index (κ1) is 32.7. The average Bonchev–Trinajstić information content (AvgIpc) is 3.01. The van der Waals surface area contributed by atoms with Crippen LogP contribution in [0, 0.1) is 11.3 Å². The van der Waals surface area contributed by atoms with E-state index in [0.717, 1.165) is 16.7 Å². The Kier molecular flexibility index (Phi) is 11.2. The Hall–Kier alpha value is -4.18. The monoisotopic (exact) mass is 605 g/mol. The number of rotatable bonds is 6. The lowest BCUT2D eigenvalue weighted by Crippen LogP contribution is -2.51. The third-order valence-corrected chi connectivity index (χ3v) is 8.18. The molecule has 0 bridgehead atoms. The molecule has 2 aliphatic rings. The molecule has 2 aromatic carbocycles. The second kappa shape index (κ2) is 15.0. The molecular formula is C34H43N3O7. The zero-order valence-corrected chi connectivity index (χ0v) is 25.7. The molecular weight excluding hydrogens is 562 g/mol. The molecule has 0 spiro atoms. The lowest BCUT2D eigenvalue weighted by molar-refractivity contribution is -0.148. The standard InChI is InChI=1S/C34H43N3O7/c1-34(2,3)29-22-43-32(41)28(35-33(42)44-21-23-11-5-4-6-12-23)16-10-9-14-25(31(40)36-29)18-30(39)37-19-26-15-8-7-13-24(26)17-27(37)20-38/h4-13,15,25,27-29,38H,14,16-22H2,1-3H3,(H,35,42)(H,36,40)/t25-,27+,28-,29-/m1/s1. The van der Waals surface area contributed by atoms with Crippen molar-refractivity contribution in [1.82, 2.24) is 15.5 Å². The minimum absolute atomic E-state index is 0.0427. The van der Waals surface area contributed by atoms with Gasteiger partial charge in [0.25, 0.3) is 0 Å². The number of fused-ring (bicyclic) bond motifs is 1. The molecule has 0 aromatic heterocycles. The van der Waals surface area contributed by atoms with E-state index in [2.05, 4.69) is 10.6 Å². The Morgan fingerprint density at radius 2 is 1.70 bits per heavy atom. The fraction of sp³-hybridized carbons (Fsp3) is 0.471. The number of carbonyl (C=O) groups is 4. The first-order chi connectivity index (χ1) is 21.0. The van der Waals surface area contributed by atoms with Crippen LogP contribution < -0.4 is 10.6 Å². The maximum Gasteiger partial charge on any atom is 0.408 e. The highest BCUT2D eigenvalue weighted by molar-refractivity contribution is 5.86. The summed E-state index contributed by atoms with van der Waals surface area (Å²) >= 11 is 0. The van der Waals surface area contributed by atoms with Gasteiger partial charge < -0.3 is 30.1 Å². The number of esters is 1.